The van der Waals surface area contributed by atoms with Crippen molar-refractivity contribution in [3.05, 3.63) is 58.6 Å². The van der Waals surface area contributed by atoms with Crippen LogP contribution in [-0.2, 0) is 4.74 Å². The van der Waals surface area contributed by atoms with E-state index < -0.39 is 0 Å². The van der Waals surface area contributed by atoms with Crippen molar-refractivity contribution in [2.75, 3.05) is 25.6 Å². The number of halogens is 1. The van der Waals surface area contributed by atoms with Gasteiger partial charge in [-0.2, -0.15) is 0 Å². The van der Waals surface area contributed by atoms with Gasteiger partial charge >= 0.3 is 0 Å². The second-order valence-electron chi connectivity index (χ2n) is 6.62. The van der Waals surface area contributed by atoms with Crippen molar-refractivity contribution in [1.82, 2.24) is 5.32 Å². The van der Waals surface area contributed by atoms with E-state index in [1.807, 2.05) is 25.1 Å². The highest BCUT2D eigenvalue weighted by molar-refractivity contribution is 6.32. The number of amides is 1. The first-order valence-electron chi connectivity index (χ1n) is 9.20. The summed E-state index contributed by atoms with van der Waals surface area (Å²) in [6, 6.07) is 12.7. The van der Waals surface area contributed by atoms with Crippen LogP contribution in [0, 0.1) is 6.92 Å². The number of hydrogen-bond acceptors (Lipinski definition) is 4. The monoisotopic (exact) mass is 401 g/mol. The van der Waals surface area contributed by atoms with E-state index >= 15 is 0 Å². The van der Waals surface area contributed by atoms with Gasteiger partial charge in [0.05, 0.1) is 24.8 Å². The van der Waals surface area contributed by atoms with Crippen LogP contribution in [0.25, 0.3) is 0 Å². The molecule has 1 heterocycles. The Morgan fingerprint density at radius 1 is 1.29 bits per heavy atom. The molecule has 3 rings (SSSR count). The van der Waals surface area contributed by atoms with E-state index in [4.69, 9.17) is 21.1 Å². The molecule has 28 heavy (non-hydrogen) atoms. The van der Waals surface area contributed by atoms with Crippen molar-refractivity contribution in [3.63, 3.8) is 0 Å². The van der Waals surface area contributed by atoms with Crippen LogP contribution in [0.1, 0.15) is 28.8 Å². The molecule has 0 aliphatic carbocycles. The van der Waals surface area contributed by atoms with Crippen molar-refractivity contribution in [2.45, 2.75) is 25.9 Å². The van der Waals surface area contributed by atoms with Gasteiger partial charge in [0.15, 0.2) is 0 Å². The second kappa shape index (κ2) is 9.57. The highest BCUT2D eigenvalue weighted by Crippen LogP contribution is 2.27. The molecule has 1 atom stereocenters. The number of guanidine groups is 1. The summed E-state index contributed by atoms with van der Waals surface area (Å²) in [6.45, 7) is 3.21. The average Bonchev–Trinajstić information content (AvgIpc) is 3.20. The van der Waals surface area contributed by atoms with Crippen LogP contribution >= 0.6 is 11.6 Å². The van der Waals surface area contributed by atoms with E-state index in [2.05, 4.69) is 15.6 Å². The molecule has 1 aliphatic rings. The number of nitrogens with one attached hydrogen (secondary N) is 2. The van der Waals surface area contributed by atoms with Crippen LogP contribution in [0.2, 0.25) is 5.02 Å². The first-order valence-corrected chi connectivity index (χ1v) is 9.57. The number of hydrogen-bond donors (Lipinski definition) is 2. The van der Waals surface area contributed by atoms with Gasteiger partial charge in [-0.15, -0.1) is 0 Å². The summed E-state index contributed by atoms with van der Waals surface area (Å²) in [5, 5.41) is 6.44. The molecular formula is C21H24ClN3O3. The molecule has 0 radical (unpaired) electrons. The fourth-order valence-corrected chi connectivity index (χ4v) is 3.11. The molecule has 0 aromatic heterocycles. The number of aryl methyl sites for hydroxylation is 1. The van der Waals surface area contributed by atoms with E-state index in [0.717, 1.165) is 25.0 Å². The van der Waals surface area contributed by atoms with E-state index in [-0.39, 0.29) is 12.0 Å². The second-order valence-corrected chi connectivity index (χ2v) is 7.03. The number of carbonyl (C=O) groups excluding carboxylic acids is 1. The highest BCUT2D eigenvalue weighted by Gasteiger charge is 2.16. The summed E-state index contributed by atoms with van der Waals surface area (Å²) >= 11 is 6.20. The Morgan fingerprint density at radius 2 is 2.07 bits per heavy atom. The van der Waals surface area contributed by atoms with E-state index in [9.17, 15) is 4.79 Å². The van der Waals surface area contributed by atoms with E-state index in [1.165, 1.54) is 0 Å². The SMILES string of the molecule is COc1ccc(NC(=NCC2CCCO2)NC(=O)c2ccc(C)cc2)cc1Cl. The fourth-order valence-electron chi connectivity index (χ4n) is 2.86. The van der Waals surface area contributed by atoms with Crippen LogP contribution in [0.4, 0.5) is 5.69 Å². The van der Waals surface area contributed by atoms with Gasteiger partial charge in [-0.3, -0.25) is 10.1 Å². The number of anilines is 1. The van der Waals surface area contributed by atoms with E-state index in [1.54, 1.807) is 31.4 Å². The number of nitrogens with zero attached hydrogens (tertiary/aromatic N) is 1. The van der Waals surface area contributed by atoms with Crippen molar-refractivity contribution >= 4 is 29.2 Å². The van der Waals surface area contributed by atoms with Crippen LogP contribution in [0.15, 0.2) is 47.5 Å². The summed E-state index contributed by atoms with van der Waals surface area (Å²) in [5.41, 5.74) is 2.35. The van der Waals surface area contributed by atoms with Crippen molar-refractivity contribution in [3.8, 4) is 5.75 Å². The zero-order valence-electron chi connectivity index (χ0n) is 16.0. The lowest BCUT2D eigenvalue weighted by molar-refractivity contribution is 0.0975. The van der Waals surface area contributed by atoms with Gasteiger partial charge in [0.1, 0.15) is 5.75 Å². The van der Waals surface area contributed by atoms with Crippen molar-refractivity contribution in [2.24, 2.45) is 4.99 Å². The summed E-state index contributed by atoms with van der Waals surface area (Å²) in [5.74, 6) is 0.689. The zero-order valence-corrected chi connectivity index (χ0v) is 16.8. The Morgan fingerprint density at radius 3 is 2.71 bits per heavy atom. The third-order valence-corrected chi connectivity index (χ3v) is 4.73. The first kappa shape index (κ1) is 20.2. The van der Waals surface area contributed by atoms with Gasteiger partial charge in [0.25, 0.3) is 5.91 Å². The van der Waals surface area contributed by atoms with Crippen LogP contribution < -0.4 is 15.4 Å². The average molecular weight is 402 g/mol. The minimum Gasteiger partial charge on any atom is -0.495 e. The smallest absolute Gasteiger partial charge is 0.257 e. The maximum Gasteiger partial charge on any atom is 0.257 e. The molecule has 0 saturated carbocycles. The van der Waals surface area contributed by atoms with Gasteiger partial charge in [-0.25, -0.2) is 4.99 Å². The van der Waals surface area contributed by atoms with Crippen molar-refractivity contribution in [1.29, 1.82) is 0 Å². The van der Waals surface area contributed by atoms with Crippen LogP contribution in [0.5, 0.6) is 5.75 Å². The highest BCUT2D eigenvalue weighted by atomic mass is 35.5. The van der Waals surface area contributed by atoms with Gasteiger partial charge in [0, 0.05) is 17.9 Å². The molecule has 1 aliphatic heterocycles. The maximum atomic E-state index is 12.6. The number of aliphatic imine (C=N–C) groups is 1. The molecule has 2 aromatic rings. The number of carbonyl (C=O) groups is 1. The molecule has 2 N–H and O–H groups in total. The summed E-state index contributed by atoms with van der Waals surface area (Å²) in [4.78, 5) is 17.1. The maximum absolute atomic E-state index is 12.6. The molecule has 1 unspecified atom stereocenters. The van der Waals surface area contributed by atoms with E-state index in [0.29, 0.717) is 34.5 Å². The number of rotatable bonds is 5. The molecule has 2 aromatic carbocycles. The topological polar surface area (TPSA) is 71.9 Å². The van der Waals surface area contributed by atoms with Gasteiger partial charge in [-0.05, 0) is 50.1 Å². The minimum absolute atomic E-state index is 0.0764. The van der Waals surface area contributed by atoms with Gasteiger partial charge in [-0.1, -0.05) is 29.3 Å². The van der Waals surface area contributed by atoms with Crippen LogP contribution in [0.3, 0.4) is 0 Å². The first-order chi connectivity index (χ1) is 13.5. The predicted molar refractivity (Wildman–Crippen MR) is 112 cm³/mol. The third-order valence-electron chi connectivity index (χ3n) is 4.44. The largest absolute Gasteiger partial charge is 0.495 e. The van der Waals surface area contributed by atoms with Gasteiger partial charge in [0.2, 0.25) is 5.96 Å². The molecule has 1 fully saturated rings. The molecule has 0 spiro atoms. The Balaban J connectivity index is 1.75. The number of methoxy groups -OCH3 is 1. The normalized spacial score (nSPS) is 16.7. The summed E-state index contributed by atoms with van der Waals surface area (Å²) in [7, 11) is 1.56. The molecular weight excluding hydrogens is 378 g/mol. The lowest BCUT2D eigenvalue weighted by atomic mass is 10.1. The quantitative estimate of drug-likeness (QED) is 0.586. The summed E-state index contributed by atoms with van der Waals surface area (Å²) < 4.78 is 10.8. The molecule has 1 saturated heterocycles. The third kappa shape index (κ3) is 5.47. The molecule has 0 bridgehead atoms. The molecule has 1 amide bonds. The standard InChI is InChI=1S/C21H24ClN3O3/c1-14-5-7-15(8-6-14)20(26)25-21(23-13-17-4-3-11-28-17)24-16-9-10-19(27-2)18(22)12-16/h5-10,12,17H,3-4,11,13H2,1-2H3,(H2,23,24,25,26). The number of ether oxygens (including phenoxy) is 2. The number of benzene rings is 2. The molecule has 6 nitrogen and oxygen atoms in total. The minimum atomic E-state index is -0.238. The van der Waals surface area contributed by atoms with Crippen LogP contribution in [-0.4, -0.2) is 38.2 Å². The fraction of sp³-hybridized carbons (Fsp3) is 0.333. The Kier molecular flexibility index (Phi) is 6.90. The predicted octanol–water partition coefficient (Wildman–Crippen LogP) is 4.03. The molecule has 148 valence electrons. The Bertz CT molecular complexity index is 846. The van der Waals surface area contributed by atoms with Gasteiger partial charge < -0.3 is 14.8 Å². The Hall–Kier alpha value is -2.57. The summed E-state index contributed by atoms with van der Waals surface area (Å²) in [6.07, 6.45) is 2.08. The lowest BCUT2D eigenvalue weighted by Gasteiger charge is -2.14. The van der Waals surface area contributed by atoms with Crippen molar-refractivity contribution < 1.29 is 14.3 Å². The lowest BCUT2D eigenvalue weighted by Crippen LogP contribution is -2.36. The Labute approximate surface area is 169 Å². The molecule has 7 heteroatoms. The zero-order chi connectivity index (χ0) is 19.9.